The van der Waals surface area contributed by atoms with E-state index in [1.165, 1.54) is 25.3 Å². The van der Waals surface area contributed by atoms with Crippen LogP contribution in [0, 0.1) is 0 Å². The summed E-state index contributed by atoms with van der Waals surface area (Å²) in [5.41, 5.74) is 0.567. The fraction of sp³-hybridized carbons (Fsp3) is 0.429. The lowest BCUT2D eigenvalue weighted by molar-refractivity contribution is -0.239. The highest BCUT2D eigenvalue weighted by Crippen LogP contribution is 2.30. The van der Waals surface area contributed by atoms with E-state index in [0.29, 0.717) is 5.57 Å². The van der Waals surface area contributed by atoms with Gasteiger partial charge in [0.05, 0.1) is 24.4 Å². The molecule has 30 heavy (non-hydrogen) atoms. The number of aliphatic hydroxyl groups is 3. The fourth-order valence-corrected chi connectivity index (χ4v) is 3.11. The van der Waals surface area contributed by atoms with Gasteiger partial charge in [-0.15, -0.1) is 0 Å². The number of carbonyl (C=O) groups is 2. The highest BCUT2D eigenvalue weighted by molar-refractivity contribution is 5.94. The monoisotopic (exact) mass is 420 g/mol. The van der Waals surface area contributed by atoms with Gasteiger partial charge in [0.25, 0.3) is 0 Å². The Morgan fingerprint density at radius 1 is 1.13 bits per heavy atom. The molecule has 0 amide bonds. The molecule has 2 aliphatic rings. The highest BCUT2D eigenvalue weighted by atomic mass is 16.6. The van der Waals surface area contributed by atoms with Crippen LogP contribution >= 0.6 is 0 Å². The third-order valence-corrected chi connectivity index (χ3v) is 4.76. The van der Waals surface area contributed by atoms with E-state index in [1.54, 1.807) is 12.2 Å². The summed E-state index contributed by atoms with van der Waals surface area (Å²) in [7, 11) is 1.37. The van der Waals surface area contributed by atoms with Gasteiger partial charge >= 0.3 is 11.9 Å². The third kappa shape index (κ3) is 5.25. The average molecular weight is 420 g/mol. The first-order chi connectivity index (χ1) is 14.4. The molecule has 0 aromatic heterocycles. The molecular formula is C21H24O9. The quantitative estimate of drug-likeness (QED) is 0.453. The molecular weight excluding hydrogens is 396 g/mol. The number of allylic oxidation sites excluding steroid dienone is 2. The minimum absolute atomic E-state index is 0.120. The zero-order valence-electron chi connectivity index (χ0n) is 16.4. The summed E-state index contributed by atoms with van der Waals surface area (Å²) in [5, 5.41) is 29.1. The van der Waals surface area contributed by atoms with Crippen LogP contribution in [-0.4, -0.2) is 65.6 Å². The topological polar surface area (TPSA) is 132 Å². The summed E-state index contributed by atoms with van der Waals surface area (Å²) in [6.45, 7) is -0.367. The molecule has 1 heterocycles. The number of methoxy groups -OCH3 is 1. The van der Waals surface area contributed by atoms with Gasteiger partial charge in [0.1, 0.15) is 18.8 Å². The van der Waals surface area contributed by atoms with Crippen LogP contribution in [0.15, 0.2) is 42.0 Å². The molecule has 3 rings (SSSR count). The lowest BCUT2D eigenvalue weighted by atomic mass is 10.0. The predicted molar refractivity (Wildman–Crippen MR) is 103 cm³/mol. The van der Waals surface area contributed by atoms with Crippen molar-refractivity contribution in [1.82, 2.24) is 0 Å². The number of benzene rings is 1. The normalized spacial score (nSPS) is 25.9. The van der Waals surface area contributed by atoms with E-state index < -0.39 is 36.5 Å². The molecule has 4 atom stereocenters. The SMILES string of the molecule is COc1cc(C(=O)OCC2OC(O)CC(O)C2O)ccc1OC(=O)C1=CCCC=C1. The van der Waals surface area contributed by atoms with Crippen molar-refractivity contribution in [2.24, 2.45) is 0 Å². The molecule has 162 valence electrons. The van der Waals surface area contributed by atoms with E-state index in [0.717, 1.165) is 12.8 Å². The second-order valence-corrected chi connectivity index (χ2v) is 6.92. The molecule has 1 aliphatic carbocycles. The summed E-state index contributed by atoms with van der Waals surface area (Å²) in [6, 6.07) is 4.18. The molecule has 0 spiro atoms. The van der Waals surface area contributed by atoms with E-state index in [4.69, 9.17) is 18.9 Å². The number of rotatable bonds is 6. The second-order valence-electron chi connectivity index (χ2n) is 6.92. The van der Waals surface area contributed by atoms with Gasteiger partial charge in [-0.3, -0.25) is 0 Å². The number of ether oxygens (including phenoxy) is 4. The Morgan fingerprint density at radius 2 is 1.93 bits per heavy atom. The Bertz CT molecular complexity index is 845. The van der Waals surface area contributed by atoms with Crippen LogP contribution in [-0.2, 0) is 14.3 Å². The lowest BCUT2D eigenvalue weighted by Crippen LogP contribution is -2.50. The number of aliphatic hydroxyl groups excluding tert-OH is 3. The van der Waals surface area contributed by atoms with Gasteiger partial charge in [0.2, 0.25) is 0 Å². The van der Waals surface area contributed by atoms with Gasteiger partial charge in [0, 0.05) is 6.42 Å². The summed E-state index contributed by atoms with van der Waals surface area (Å²) in [4.78, 5) is 24.6. The molecule has 0 bridgehead atoms. The van der Waals surface area contributed by atoms with Crippen molar-refractivity contribution in [3.05, 3.63) is 47.6 Å². The number of esters is 2. The van der Waals surface area contributed by atoms with Crippen molar-refractivity contribution in [1.29, 1.82) is 0 Å². The zero-order valence-corrected chi connectivity index (χ0v) is 16.4. The molecule has 9 nitrogen and oxygen atoms in total. The molecule has 3 N–H and O–H groups in total. The maximum Gasteiger partial charge on any atom is 0.343 e. The predicted octanol–water partition coefficient (Wildman–Crippen LogP) is 0.863. The Hall–Kier alpha value is -2.72. The van der Waals surface area contributed by atoms with Crippen molar-refractivity contribution >= 4 is 11.9 Å². The summed E-state index contributed by atoms with van der Waals surface area (Å²) in [6.07, 6.45) is 2.08. The van der Waals surface area contributed by atoms with E-state index in [1.807, 2.05) is 6.08 Å². The number of carbonyl (C=O) groups excluding carboxylic acids is 2. The van der Waals surface area contributed by atoms with Crippen LogP contribution in [0.3, 0.4) is 0 Å². The van der Waals surface area contributed by atoms with E-state index >= 15 is 0 Å². The first-order valence-electron chi connectivity index (χ1n) is 9.52. The van der Waals surface area contributed by atoms with Crippen molar-refractivity contribution in [3.63, 3.8) is 0 Å². The van der Waals surface area contributed by atoms with E-state index in [-0.39, 0.29) is 30.1 Å². The van der Waals surface area contributed by atoms with Crippen molar-refractivity contribution in [2.75, 3.05) is 13.7 Å². The molecule has 1 fully saturated rings. The average Bonchev–Trinajstić information content (AvgIpc) is 2.75. The maximum atomic E-state index is 12.3. The van der Waals surface area contributed by atoms with Gasteiger partial charge in [-0.2, -0.15) is 0 Å². The summed E-state index contributed by atoms with van der Waals surface area (Å²) in [5.74, 6) is -0.955. The minimum atomic E-state index is -1.29. The Labute approximate surface area is 173 Å². The Balaban J connectivity index is 1.63. The van der Waals surface area contributed by atoms with Crippen molar-refractivity contribution < 1.29 is 43.9 Å². The van der Waals surface area contributed by atoms with Crippen LogP contribution in [0.4, 0.5) is 0 Å². The first kappa shape index (κ1) is 22.0. The molecule has 0 saturated carbocycles. The van der Waals surface area contributed by atoms with Crippen LogP contribution < -0.4 is 9.47 Å². The molecule has 1 aromatic rings. The molecule has 1 saturated heterocycles. The summed E-state index contributed by atoms with van der Waals surface area (Å²) < 4.78 is 20.8. The molecule has 1 aliphatic heterocycles. The summed E-state index contributed by atoms with van der Waals surface area (Å²) >= 11 is 0. The lowest BCUT2D eigenvalue weighted by Gasteiger charge is -2.34. The largest absolute Gasteiger partial charge is 0.493 e. The van der Waals surface area contributed by atoms with Gasteiger partial charge in [-0.25, -0.2) is 9.59 Å². The van der Waals surface area contributed by atoms with Crippen LogP contribution in [0.5, 0.6) is 11.5 Å². The Kier molecular flexibility index (Phi) is 7.22. The molecule has 4 unspecified atom stereocenters. The maximum absolute atomic E-state index is 12.3. The zero-order chi connectivity index (χ0) is 21.7. The molecule has 1 aromatic carbocycles. The van der Waals surface area contributed by atoms with Gasteiger partial charge in [0.15, 0.2) is 17.8 Å². The smallest absolute Gasteiger partial charge is 0.343 e. The van der Waals surface area contributed by atoms with Crippen LogP contribution in [0.2, 0.25) is 0 Å². The third-order valence-electron chi connectivity index (χ3n) is 4.76. The van der Waals surface area contributed by atoms with Gasteiger partial charge in [-0.05, 0) is 31.0 Å². The first-order valence-corrected chi connectivity index (χ1v) is 9.52. The second kappa shape index (κ2) is 9.86. The Morgan fingerprint density at radius 3 is 2.63 bits per heavy atom. The highest BCUT2D eigenvalue weighted by Gasteiger charge is 2.36. The fourth-order valence-electron chi connectivity index (χ4n) is 3.11. The van der Waals surface area contributed by atoms with E-state index in [2.05, 4.69) is 0 Å². The van der Waals surface area contributed by atoms with Crippen LogP contribution in [0.25, 0.3) is 0 Å². The van der Waals surface area contributed by atoms with Crippen molar-refractivity contribution in [3.8, 4) is 11.5 Å². The molecule has 0 radical (unpaired) electrons. The number of hydrogen-bond donors (Lipinski definition) is 3. The van der Waals surface area contributed by atoms with Gasteiger partial charge in [-0.1, -0.05) is 18.2 Å². The minimum Gasteiger partial charge on any atom is -0.493 e. The van der Waals surface area contributed by atoms with Crippen molar-refractivity contribution in [2.45, 2.75) is 43.9 Å². The van der Waals surface area contributed by atoms with Crippen LogP contribution in [0.1, 0.15) is 29.6 Å². The standard InChI is InChI=1S/C21H24O9/c1-27-16-9-13(7-8-15(16)30-21(26)12-5-3-2-4-6-12)20(25)28-11-17-19(24)14(22)10-18(23)29-17/h3,5-9,14,17-19,22-24H,2,4,10-11H2,1H3. The molecule has 9 heteroatoms. The number of hydrogen-bond acceptors (Lipinski definition) is 9. The van der Waals surface area contributed by atoms with Gasteiger partial charge < -0.3 is 34.3 Å². The van der Waals surface area contributed by atoms with E-state index in [9.17, 15) is 24.9 Å².